The lowest BCUT2D eigenvalue weighted by Crippen LogP contribution is -2.43. The van der Waals surface area contributed by atoms with Gasteiger partial charge in [0.25, 0.3) is 5.91 Å². The summed E-state index contributed by atoms with van der Waals surface area (Å²) < 4.78 is 18.1. The van der Waals surface area contributed by atoms with Gasteiger partial charge in [0.2, 0.25) is 0 Å². The zero-order valence-corrected chi connectivity index (χ0v) is 16.2. The first-order valence-electron chi connectivity index (χ1n) is 9.59. The smallest absolute Gasteiger partial charge is 0.257 e. The number of aryl methyl sites for hydroxylation is 2. The van der Waals surface area contributed by atoms with E-state index in [0.717, 1.165) is 25.0 Å². The molecule has 0 N–H and O–H groups in total. The van der Waals surface area contributed by atoms with Gasteiger partial charge in [-0.1, -0.05) is 6.08 Å². The molecular formula is C20H20FN7O. The van der Waals surface area contributed by atoms with Crippen LogP contribution in [0.4, 0.5) is 4.39 Å². The third-order valence-corrected chi connectivity index (χ3v) is 5.83. The lowest BCUT2D eigenvalue weighted by molar-refractivity contribution is 0.0687. The number of tetrazole rings is 1. The second-order valence-corrected chi connectivity index (χ2v) is 7.55. The summed E-state index contributed by atoms with van der Waals surface area (Å²) in [6.07, 6.45) is 6.47. The van der Waals surface area contributed by atoms with Crippen LogP contribution in [0.2, 0.25) is 0 Å². The van der Waals surface area contributed by atoms with Crippen molar-refractivity contribution >= 4 is 11.5 Å². The number of fused-ring (bicyclic) bond motifs is 2. The zero-order chi connectivity index (χ0) is 20.1. The highest BCUT2D eigenvalue weighted by Crippen LogP contribution is 2.39. The highest BCUT2D eigenvalue weighted by molar-refractivity contribution is 5.96. The Balaban J connectivity index is 1.44. The maximum atomic E-state index is 14.9. The summed E-state index contributed by atoms with van der Waals surface area (Å²) in [5, 5.41) is 15.5. The van der Waals surface area contributed by atoms with Crippen LogP contribution >= 0.6 is 0 Å². The first-order valence-corrected chi connectivity index (χ1v) is 9.59. The average molecular weight is 393 g/mol. The van der Waals surface area contributed by atoms with Crippen molar-refractivity contribution in [1.29, 1.82) is 0 Å². The number of aromatic nitrogens is 6. The third kappa shape index (κ3) is 2.84. The van der Waals surface area contributed by atoms with Crippen LogP contribution in [-0.2, 0) is 7.05 Å². The molecular weight excluding hydrogens is 373 g/mol. The largest absolute Gasteiger partial charge is 0.329 e. The van der Waals surface area contributed by atoms with Gasteiger partial charge in [0.15, 0.2) is 5.82 Å². The molecule has 9 heteroatoms. The molecule has 2 aliphatic rings. The van der Waals surface area contributed by atoms with E-state index in [-0.39, 0.29) is 23.6 Å². The van der Waals surface area contributed by atoms with Crippen LogP contribution in [0.3, 0.4) is 0 Å². The van der Waals surface area contributed by atoms with E-state index in [9.17, 15) is 9.18 Å². The molecule has 4 heterocycles. The Kier molecular flexibility index (Phi) is 4.04. The number of carbonyl (C=O) groups is 1. The van der Waals surface area contributed by atoms with Crippen LogP contribution in [0.15, 0.2) is 36.5 Å². The first kappa shape index (κ1) is 17.7. The first-order chi connectivity index (χ1) is 14.0. The molecule has 29 heavy (non-hydrogen) atoms. The minimum Gasteiger partial charge on any atom is -0.329 e. The van der Waals surface area contributed by atoms with Gasteiger partial charge in [-0.25, -0.2) is 4.39 Å². The van der Waals surface area contributed by atoms with Crippen molar-refractivity contribution < 1.29 is 9.18 Å². The van der Waals surface area contributed by atoms with Gasteiger partial charge in [-0.15, -0.1) is 5.10 Å². The van der Waals surface area contributed by atoms with E-state index in [4.69, 9.17) is 0 Å². The summed E-state index contributed by atoms with van der Waals surface area (Å²) >= 11 is 0. The molecule has 1 fully saturated rings. The molecule has 1 amide bonds. The van der Waals surface area contributed by atoms with Gasteiger partial charge < -0.3 is 4.90 Å². The topological polar surface area (TPSA) is 81.7 Å². The molecule has 3 aromatic rings. The predicted molar refractivity (Wildman–Crippen MR) is 103 cm³/mol. The van der Waals surface area contributed by atoms with E-state index >= 15 is 0 Å². The summed E-state index contributed by atoms with van der Waals surface area (Å²) in [5.74, 6) is -0.288. The van der Waals surface area contributed by atoms with E-state index in [0.29, 0.717) is 11.5 Å². The predicted octanol–water partition coefficient (Wildman–Crippen LogP) is 2.30. The third-order valence-electron chi connectivity index (χ3n) is 5.83. The van der Waals surface area contributed by atoms with Crippen LogP contribution in [0.25, 0.3) is 11.3 Å². The van der Waals surface area contributed by atoms with Crippen molar-refractivity contribution in [2.24, 2.45) is 7.05 Å². The number of halogens is 1. The number of nitrogens with zero attached hydrogens (tertiary/aromatic N) is 7. The highest BCUT2D eigenvalue weighted by Gasteiger charge is 2.41. The zero-order valence-electron chi connectivity index (χ0n) is 16.2. The fraction of sp³-hybridized carbons (Fsp3) is 0.350. The van der Waals surface area contributed by atoms with Gasteiger partial charge in [-0.05, 0) is 60.4 Å². The van der Waals surface area contributed by atoms with E-state index in [1.54, 1.807) is 19.2 Å². The van der Waals surface area contributed by atoms with Crippen LogP contribution < -0.4 is 0 Å². The molecule has 0 spiro atoms. The monoisotopic (exact) mass is 393 g/mol. The van der Waals surface area contributed by atoms with E-state index < -0.39 is 5.82 Å². The molecule has 2 aromatic heterocycles. The number of rotatable bonds is 3. The number of hydrogen-bond acceptors (Lipinski definition) is 5. The fourth-order valence-electron chi connectivity index (χ4n) is 4.44. The lowest BCUT2D eigenvalue weighted by atomic mass is 9.97. The van der Waals surface area contributed by atoms with Crippen molar-refractivity contribution in [3.05, 3.63) is 59.4 Å². The molecule has 2 aliphatic heterocycles. The quantitative estimate of drug-likeness (QED) is 0.682. The fourth-order valence-corrected chi connectivity index (χ4v) is 4.44. The molecule has 1 saturated heterocycles. The maximum Gasteiger partial charge on any atom is 0.257 e. The maximum absolute atomic E-state index is 14.9. The summed E-state index contributed by atoms with van der Waals surface area (Å²) in [6, 6.07) is 6.54. The number of carbonyl (C=O) groups excluding carboxylic acids is 1. The Morgan fingerprint density at radius 3 is 2.76 bits per heavy atom. The summed E-state index contributed by atoms with van der Waals surface area (Å²) in [4.78, 5) is 15.0. The minimum absolute atomic E-state index is 0.0213. The summed E-state index contributed by atoms with van der Waals surface area (Å²) in [6.45, 7) is 1.73. The van der Waals surface area contributed by atoms with Crippen LogP contribution in [-0.4, -0.2) is 52.9 Å². The normalized spacial score (nSPS) is 20.8. The number of amides is 1. The van der Waals surface area contributed by atoms with Crippen LogP contribution in [0, 0.1) is 12.7 Å². The molecule has 1 aromatic carbocycles. The Hall–Kier alpha value is -3.36. The molecule has 0 aliphatic carbocycles. The van der Waals surface area contributed by atoms with Crippen molar-refractivity contribution in [2.75, 3.05) is 0 Å². The lowest BCUT2D eigenvalue weighted by Gasteiger charge is -2.34. The van der Waals surface area contributed by atoms with Gasteiger partial charge in [-0.3, -0.25) is 9.48 Å². The van der Waals surface area contributed by atoms with Gasteiger partial charge in [0.1, 0.15) is 5.82 Å². The van der Waals surface area contributed by atoms with Crippen molar-refractivity contribution in [3.63, 3.8) is 0 Å². The SMILES string of the molecule is Cc1nnnn1-c1ccc(C(=O)N2C3C=C(c4ccnn4C)CC2CC3)c(F)c1. The van der Waals surface area contributed by atoms with Crippen molar-refractivity contribution in [3.8, 4) is 5.69 Å². The Morgan fingerprint density at radius 2 is 2.10 bits per heavy atom. The van der Waals surface area contributed by atoms with Gasteiger partial charge >= 0.3 is 0 Å². The van der Waals surface area contributed by atoms with Crippen LogP contribution in [0.5, 0.6) is 0 Å². The highest BCUT2D eigenvalue weighted by atomic mass is 19.1. The molecule has 2 atom stereocenters. The van der Waals surface area contributed by atoms with Gasteiger partial charge in [0.05, 0.1) is 23.0 Å². The summed E-state index contributed by atoms with van der Waals surface area (Å²) in [5.41, 5.74) is 2.84. The summed E-state index contributed by atoms with van der Waals surface area (Å²) in [7, 11) is 1.92. The number of benzene rings is 1. The Morgan fingerprint density at radius 1 is 1.24 bits per heavy atom. The van der Waals surface area contributed by atoms with Crippen LogP contribution in [0.1, 0.15) is 41.1 Å². The van der Waals surface area contributed by atoms with Gasteiger partial charge in [-0.2, -0.15) is 9.78 Å². The van der Waals surface area contributed by atoms with Gasteiger partial charge in [0, 0.05) is 25.4 Å². The molecule has 0 saturated carbocycles. The van der Waals surface area contributed by atoms with Crippen molar-refractivity contribution in [1.82, 2.24) is 34.9 Å². The van der Waals surface area contributed by atoms with E-state index in [1.165, 1.54) is 22.4 Å². The second kappa shape index (κ2) is 6.61. The molecule has 5 rings (SSSR count). The Labute approximate surface area is 166 Å². The molecule has 2 unspecified atom stereocenters. The van der Waals surface area contributed by atoms with Crippen molar-refractivity contribution in [2.45, 2.75) is 38.3 Å². The Bertz CT molecular complexity index is 1130. The molecule has 148 valence electrons. The second-order valence-electron chi connectivity index (χ2n) is 7.55. The molecule has 0 radical (unpaired) electrons. The average Bonchev–Trinajstić information content (AvgIpc) is 3.39. The minimum atomic E-state index is -0.566. The number of hydrogen-bond donors (Lipinski definition) is 0. The van der Waals surface area contributed by atoms with E-state index in [1.807, 2.05) is 22.7 Å². The van der Waals surface area contributed by atoms with E-state index in [2.05, 4.69) is 26.7 Å². The molecule has 8 nitrogen and oxygen atoms in total. The standard InChI is InChI=1S/C20H20FN7O/c1-12-23-24-25-28(12)16-5-6-17(18(21)11-16)20(29)27-14-3-4-15(27)10-13(9-14)19-7-8-22-26(19)2/h5-9,11,14-15H,3-4,10H2,1-2H3. The molecule has 2 bridgehead atoms.